The molecule has 1 N–H and O–H groups in total. The van der Waals surface area contributed by atoms with E-state index in [-0.39, 0.29) is 5.91 Å². The molecule has 3 heteroatoms. The Kier molecular flexibility index (Phi) is 3.69. The molecule has 0 radical (unpaired) electrons. The van der Waals surface area contributed by atoms with Crippen molar-refractivity contribution in [2.24, 2.45) is 0 Å². The summed E-state index contributed by atoms with van der Waals surface area (Å²) in [4.78, 5) is 11.4. The van der Waals surface area contributed by atoms with Gasteiger partial charge in [0.25, 0.3) is 5.91 Å². The maximum absolute atomic E-state index is 11.4. The van der Waals surface area contributed by atoms with Crippen LogP contribution >= 0.6 is 0 Å². The molecule has 1 aliphatic rings. The number of carbonyl (C=O) groups excluding carboxylic acids is 1. The van der Waals surface area contributed by atoms with Crippen LogP contribution in [0.15, 0.2) is 24.3 Å². The largest absolute Gasteiger partial charge is 0.368 e. The van der Waals surface area contributed by atoms with Crippen molar-refractivity contribution in [1.82, 2.24) is 5.32 Å². The Morgan fingerprint density at radius 1 is 1.50 bits per heavy atom. The predicted molar refractivity (Wildman–Crippen MR) is 69.9 cm³/mol. The van der Waals surface area contributed by atoms with Gasteiger partial charge in [-0.3, -0.25) is 4.79 Å². The molecular weight excluding hydrogens is 226 g/mol. The summed E-state index contributed by atoms with van der Waals surface area (Å²) in [5.74, 6) is 4.80. The van der Waals surface area contributed by atoms with Gasteiger partial charge in [-0.05, 0) is 37.3 Å². The first-order valence-corrected chi connectivity index (χ1v) is 6.08. The van der Waals surface area contributed by atoms with Crippen LogP contribution in [-0.2, 0) is 21.6 Å². The standard InChI is InChI=1S/C15H17NO2/c1-3-6-14(17)16-11-15(2)13-8-5-4-7-12(13)9-10-18-15/h4-5,7-8H,9-11H2,1-2H3,(H,16,17). The van der Waals surface area contributed by atoms with Gasteiger partial charge in [0.1, 0.15) is 5.60 Å². The number of rotatable bonds is 2. The lowest BCUT2D eigenvalue weighted by atomic mass is 9.87. The summed E-state index contributed by atoms with van der Waals surface area (Å²) in [5, 5.41) is 2.80. The molecule has 1 aliphatic heterocycles. The van der Waals surface area contributed by atoms with E-state index in [0.717, 1.165) is 12.0 Å². The first-order chi connectivity index (χ1) is 8.65. The summed E-state index contributed by atoms with van der Waals surface area (Å²) in [7, 11) is 0. The Labute approximate surface area is 108 Å². The molecule has 0 spiro atoms. The summed E-state index contributed by atoms with van der Waals surface area (Å²) in [6.45, 7) is 4.78. The van der Waals surface area contributed by atoms with E-state index in [0.29, 0.717) is 13.2 Å². The van der Waals surface area contributed by atoms with Crippen molar-refractivity contribution in [3.05, 3.63) is 35.4 Å². The van der Waals surface area contributed by atoms with Crippen molar-refractivity contribution < 1.29 is 9.53 Å². The van der Waals surface area contributed by atoms with Gasteiger partial charge in [-0.25, -0.2) is 0 Å². The van der Waals surface area contributed by atoms with Gasteiger partial charge in [-0.2, -0.15) is 0 Å². The monoisotopic (exact) mass is 243 g/mol. The number of carbonyl (C=O) groups is 1. The Morgan fingerprint density at radius 3 is 3.06 bits per heavy atom. The molecule has 0 saturated carbocycles. The first-order valence-electron chi connectivity index (χ1n) is 6.08. The van der Waals surface area contributed by atoms with Gasteiger partial charge in [0.2, 0.25) is 0 Å². The van der Waals surface area contributed by atoms with E-state index >= 15 is 0 Å². The quantitative estimate of drug-likeness (QED) is 0.801. The summed E-state index contributed by atoms with van der Waals surface area (Å²) in [5.41, 5.74) is 1.99. The third-order valence-electron chi connectivity index (χ3n) is 3.20. The average Bonchev–Trinajstić information content (AvgIpc) is 2.38. The third kappa shape index (κ3) is 2.55. The maximum Gasteiger partial charge on any atom is 0.295 e. The summed E-state index contributed by atoms with van der Waals surface area (Å²) < 4.78 is 5.86. The number of benzene rings is 1. The van der Waals surface area contributed by atoms with Crippen molar-refractivity contribution in [2.45, 2.75) is 25.9 Å². The molecule has 0 aromatic heterocycles. The number of ether oxygens (including phenoxy) is 1. The maximum atomic E-state index is 11.4. The van der Waals surface area contributed by atoms with Crippen molar-refractivity contribution in [2.75, 3.05) is 13.2 Å². The van der Waals surface area contributed by atoms with Crippen LogP contribution in [0.3, 0.4) is 0 Å². The zero-order valence-corrected chi connectivity index (χ0v) is 10.7. The Hall–Kier alpha value is -1.79. The number of hydrogen-bond acceptors (Lipinski definition) is 2. The smallest absolute Gasteiger partial charge is 0.295 e. The molecule has 0 fully saturated rings. The van der Waals surface area contributed by atoms with Crippen molar-refractivity contribution in [3.8, 4) is 11.8 Å². The van der Waals surface area contributed by atoms with Crippen LogP contribution in [-0.4, -0.2) is 19.1 Å². The fraction of sp³-hybridized carbons (Fsp3) is 0.400. The van der Waals surface area contributed by atoms with Gasteiger partial charge in [0.05, 0.1) is 13.2 Å². The molecule has 1 atom stereocenters. The van der Waals surface area contributed by atoms with Crippen LogP contribution < -0.4 is 5.32 Å². The highest BCUT2D eigenvalue weighted by Crippen LogP contribution is 2.32. The van der Waals surface area contributed by atoms with Crippen LogP contribution in [0.1, 0.15) is 25.0 Å². The predicted octanol–water partition coefficient (Wildman–Crippen LogP) is 1.61. The second-order valence-corrected chi connectivity index (χ2v) is 4.54. The molecule has 1 unspecified atom stereocenters. The lowest BCUT2D eigenvalue weighted by molar-refractivity contribution is -0.118. The topological polar surface area (TPSA) is 38.3 Å². The van der Waals surface area contributed by atoms with E-state index in [1.807, 2.05) is 19.1 Å². The highest BCUT2D eigenvalue weighted by molar-refractivity contribution is 5.93. The zero-order chi connectivity index (χ0) is 13.0. The molecule has 2 rings (SSSR count). The van der Waals surface area contributed by atoms with Crippen LogP contribution in [0.25, 0.3) is 0 Å². The molecule has 18 heavy (non-hydrogen) atoms. The molecular formula is C15H17NO2. The minimum atomic E-state index is -0.458. The number of nitrogens with one attached hydrogen (secondary N) is 1. The Balaban J connectivity index is 2.16. The molecule has 1 heterocycles. The minimum absolute atomic E-state index is 0.259. The molecule has 94 valence electrons. The van der Waals surface area contributed by atoms with Gasteiger partial charge in [0, 0.05) is 0 Å². The first kappa shape index (κ1) is 12.7. The van der Waals surface area contributed by atoms with Gasteiger partial charge < -0.3 is 10.1 Å². The van der Waals surface area contributed by atoms with E-state index < -0.39 is 5.60 Å². The summed E-state index contributed by atoms with van der Waals surface area (Å²) in [6.07, 6.45) is 0.925. The van der Waals surface area contributed by atoms with E-state index in [9.17, 15) is 4.79 Å². The van der Waals surface area contributed by atoms with E-state index in [2.05, 4.69) is 29.3 Å². The fourth-order valence-corrected chi connectivity index (χ4v) is 2.27. The summed E-state index contributed by atoms with van der Waals surface area (Å²) in [6, 6.07) is 8.21. The second-order valence-electron chi connectivity index (χ2n) is 4.54. The molecule has 1 aromatic rings. The van der Waals surface area contributed by atoms with Crippen LogP contribution in [0.4, 0.5) is 0 Å². The lowest BCUT2D eigenvalue weighted by Crippen LogP contribution is -2.43. The second kappa shape index (κ2) is 5.24. The zero-order valence-electron chi connectivity index (χ0n) is 10.7. The normalized spacial score (nSPS) is 21.4. The number of amides is 1. The van der Waals surface area contributed by atoms with Crippen LogP contribution in [0.2, 0.25) is 0 Å². The molecule has 1 aromatic carbocycles. The van der Waals surface area contributed by atoms with Gasteiger partial charge >= 0.3 is 0 Å². The SMILES string of the molecule is CC#CC(=O)NCC1(C)OCCc2ccccc21. The highest BCUT2D eigenvalue weighted by atomic mass is 16.5. The molecule has 0 saturated heterocycles. The van der Waals surface area contributed by atoms with Gasteiger partial charge in [-0.15, -0.1) is 0 Å². The average molecular weight is 243 g/mol. The Morgan fingerprint density at radius 2 is 2.28 bits per heavy atom. The van der Waals surface area contributed by atoms with Crippen LogP contribution in [0.5, 0.6) is 0 Å². The molecule has 0 bridgehead atoms. The fourth-order valence-electron chi connectivity index (χ4n) is 2.27. The van der Waals surface area contributed by atoms with Crippen molar-refractivity contribution in [3.63, 3.8) is 0 Å². The highest BCUT2D eigenvalue weighted by Gasteiger charge is 2.33. The van der Waals surface area contributed by atoms with Crippen LogP contribution in [0, 0.1) is 11.8 Å². The van der Waals surface area contributed by atoms with Crippen molar-refractivity contribution >= 4 is 5.91 Å². The minimum Gasteiger partial charge on any atom is -0.368 e. The molecule has 0 aliphatic carbocycles. The molecule has 1 amide bonds. The summed E-state index contributed by atoms with van der Waals surface area (Å²) >= 11 is 0. The van der Waals surface area contributed by atoms with Gasteiger partial charge in [0.15, 0.2) is 0 Å². The third-order valence-corrected chi connectivity index (χ3v) is 3.20. The number of fused-ring (bicyclic) bond motifs is 1. The lowest BCUT2D eigenvalue weighted by Gasteiger charge is -2.36. The van der Waals surface area contributed by atoms with E-state index in [1.165, 1.54) is 5.56 Å². The molecule has 3 nitrogen and oxygen atoms in total. The Bertz CT molecular complexity index is 513. The number of hydrogen-bond donors (Lipinski definition) is 1. The van der Waals surface area contributed by atoms with Gasteiger partial charge in [-0.1, -0.05) is 30.2 Å². The van der Waals surface area contributed by atoms with Crippen molar-refractivity contribution in [1.29, 1.82) is 0 Å². The van der Waals surface area contributed by atoms with E-state index in [4.69, 9.17) is 4.74 Å². The van der Waals surface area contributed by atoms with E-state index in [1.54, 1.807) is 6.92 Å².